The first-order chi connectivity index (χ1) is 19.0. The summed E-state index contributed by atoms with van der Waals surface area (Å²) in [5.41, 5.74) is 5.63. The van der Waals surface area contributed by atoms with Gasteiger partial charge in [0.2, 0.25) is 0 Å². The van der Waals surface area contributed by atoms with E-state index in [-0.39, 0.29) is 35.2 Å². The number of carboxylic acids is 2. The molecule has 0 unspecified atom stereocenters. The second-order valence-electron chi connectivity index (χ2n) is 10.2. The van der Waals surface area contributed by atoms with Gasteiger partial charge in [0.15, 0.2) is 11.2 Å². The Morgan fingerprint density at radius 2 is 1.30 bits per heavy atom. The predicted octanol–water partition coefficient (Wildman–Crippen LogP) is 6.02. The summed E-state index contributed by atoms with van der Waals surface area (Å²) in [6.07, 6.45) is 0.555. The fraction of sp³-hybridized carbons (Fsp3) is 0.152. The van der Waals surface area contributed by atoms with Crippen molar-refractivity contribution in [2.24, 2.45) is 0 Å². The molecule has 5 rings (SSSR count). The van der Waals surface area contributed by atoms with E-state index >= 15 is 0 Å². The zero-order chi connectivity index (χ0) is 28.7. The van der Waals surface area contributed by atoms with E-state index in [0.29, 0.717) is 44.1 Å². The summed E-state index contributed by atoms with van der Waals surface area (Å²) < 4.78 is 0. The maximum atomic E-state index is 13.9. The molecule has 0 atom stereocenters. The van der Waals surface area contributed by atoms with Crippen molar-refractivity contribution in [3.63, 3.8) is 0 Å². The average molecular weight is 534 g/mol. The highest BCUT2D eigenvalue weighted by Gasteiger charge is 2.20. The second kappa shape index (κ2) is 10.3. The number of H-pyrrole nitrogens is 1. The third-order valence-electron chi connectivity index (χ3n) is 7.23. The molecule has 200 valence electrons. The van der Waals surface area contributed by atoms with Gasteiger partial charge in [0.25, 0.3) is 0 Å². The molecular weight excluding hydrogens is 506 g/mol. The molecule has 40 heavy (non-hydrogen) atoms. The molecule has 0 spiro atoms. The summed E-state index contributed by atoms with van der Waals surface area (Å²) in [6, 6.07) is 18.7. The molecule has 0 amide bonds. The van der Waals surface area contributed by atoms with Gasteiger partial charge in [0.05, 0.1) is 16.6 Å². The fourth-order valence-corrected chi connectivity index (χ4v) is 5.09. The van der Waals surface area contributed by atoms with Crippen LogP contribution in [0.3, 0.4) is 0 Å². The number of fused-ring (bicyclic) bond motifs is 2. The Balaban J connectivity index is 1.68. The van der Waals surface area contributed by atoms with Gasteiger partial charge in [-0.3, -0.25) is 9.59 Å². The highest BCUT2D eigenvalue weighted by molar-refractivity contribution is 6.12. The third-order valence-corrected chi connectivity index (χ3v) is 7.23. The van der Waals surface area contributed by atoms with Crippen LogP contribution in [0.1, 0.15) is 64.5 Å². The molecule has 5 aromatic rings. The van der Waals surface area contributed by atoms with Gasteiger partial charge in [-0.15, -0.1) is 0 Å². The number of hydrogen-bond donors (Lipinski definition) is 3. The Morgan fingerprint density at radius 1 is 0.675 bits per heavy atom. The van der Waals surface area contributed by atoms with Crippen LogP contribution in [0, 0.1) is 20.8 Å². The van der Waals surface area contributed by atoms with Crippen molar-refractivity contribution in [3.05, 3.63) is 127 Å². The first-order valence-electron chi connectivity index (χ1n) is 12.8. The van der Waals surface area contributed by atoms with E-state index in [4.69, 9.17) is 0 Å². The van der Waals surface area contributed by atoms with Crippen LogP contribution in [0.15, 0.2) is 71.5 Å². The standard InChI is InChI=1S/C33H27NO6/c1-17-4-6-19(3)24(10-17)30(35)25-16-29-27(31(36)26-11-18(2)5-9-28(26)34-29)15-21(25)8-7-20-12-22(32(37)38)14-23(13-20)33(39)40/h4-6,9-16H,7-8H2,1-3H3,(H,34,36)(H,37,38)(H,39,40). The Kier molecular flexibility index (Phi) is 6.81. The number of benzene rings is 4. The molecule has 0 aliphatic rings. The fourth-order valence-electron chi connectivity index (χ4n) is 5.09. The Hall–Kier alpha value is -5.04. The minimum atomic E-state index is -1.23. The molecular formula is C33H27NO6. The number of nitrogens with one attached hydrogen (secondary N) is 1. The normalized spacial score (nSPS) is 11.2. The number of ketones is 1. The average Bonchev–Trinajstić information content (AvgIpc) is 2.93. The van der Waals surface area contributed by atoms with Gasteiger partial charge < -0.3 is 15.2 Å². The number of aryl methyl sites for hydroxylation is 5. The maximum Gasteiger partial charge on any atom is 0.335 e. The summed E-state index contributed by atoms with van der Waals surface area (Å²) in [5, 5.41) is 19.9. The van der Waals surface area contributed by atoms with Gasteiger partial charge in [-0.2, -0.15) is 0 Å². The molecule has 7 nitrogen and oxygen atoms in total. The van der Waals surface area contributed by atoms with Gasteiger partial charge in [0.1, 0.15) is 0 Å². The van der Waals surface area contributed by atoms with Crippen molar-refractivity contribution in [2.75, 3.05) is 0 Å². The maximum absolute atomic E-state index is 13.9. The zero-order valence-electron chi connectivity index (χ0n) is 22.3. The summed E-state index contributed by atoms with van der Waals surface area (Å²) in [5.74, 6) is -2.64. The molecule has 3 N–H and O–H groups in total. The number of carbonyl (C=O) groups is 3. The molecule has 0 bridgehead atoms. The first-order valence-corrected chi connectivity index (χ1v) is 12.8. The van der Waals surface area contributed by atoms with Crippen molar-refractivity contribution < 1.29 is 24.6 Å². The van der Waals surface area contributed by atoms with Gasteiger partial charge in [-0.1, -0.05) is 29.3 Å². The lowest BCUT2D eigenvalue weighted by Gasteiger charge is -2.14. The summed E-state index contributed by atoms with van der Waals surface area (Å²) in [7, 11) is 0. The van der Waals surface area contributed by atoms with E-state index in [1.807, 2.05) is 57.2 Å². The lowest BCUT2D eigenvalue weighted by molar-refractivity contribution is 0.0696. The number of carbonyl (C=O) groups excluding carboxylic acids is 1. The van der Waals surface area contributed by atoms with E-state index in [9.17, 15) is 29.4 Å². The van der Waals surface area contributed by atoms with Crippen LogP contribution in [0.2, 0.25) is 0 Å². The molecule has 7 heteroatoms. The van der Waals surface area contributed by atoms with Crippen molar-refractivity contribution in [2.45, 2.75) is 33.6 Å². The SMILES string of the molecule is Cc1ccc(C)c(C(=O)c2cc3[nH]c4ccc(C)cc4c(=O)c3cc2CCc2cc(C(=O)O)cc(C(=O)O)c2)c1. The molecule has 1 heterocycles. The minimum Gasteiger partial charge on any atom is -0.478 e. The van der Waals surface area contributed by atoms with Crippen LogP contribution >= 0.6 is 0 Å². The van der Waals surface area contributed by atoms with Crippen LogP contribution in [-0.2, 0) is 12.8 Å². The summed E-state index contributed by atoms with van der Waals surface area (Å²) in [4.78, 5) is 54.0. The number of aromatic amines is 1. The van der Waals surface area contributed by atoms with Crippen molar-refractivity contribution in [1.29, 1.82) is 0 Å². The van der Waals surface area contributed by atoms with Gasteiger partial charge >= 0.3 is 11.9 Å². The Labute approximate surface area is 229 Å². The van der Waals surface area contributed by atoms with E-state index in [0.717, 1.165) is 22.8 Å². The van der Waals surface area contributed by atoms with E-state index in [1.165, 1.54) is 12.1 Å². The van der Waals surface area contributed by atoms with Gasteiger partial charge in [-0.05, 0) is 98.8 Å². The predicted molar refractivity (Wildman–Crippen MR) is 154 cm³/mol. The number of carboxylic acid groups (broad SMARTS) is 2. The Morgan fingerprint density at radius 3 is 1.98 bits per heavy atom. The van der Waals surface area contributed by atoms with Crippen molar-refractivity contribution >= 4 is 39.5 Å². The minimum absolute atomic E-state index is 0.126. The van der Waals surface area contributed by atoms with Crippen molar-refractivity contribution in [1.82, 2.24) is 4.98 Å². The molecule has 0 aliphatic heterocycles. The smallest absolute Gasteiger partial charge is 0.335 e. The van der Waals surface area contributed by atoms with Gasteiger partial charge in [0, 0.05) is 27.4 Å². The monoisotopic (exact) mass is 533 g/mol. The highest BCUT2D eigenvalue weighted by Crippen LogP contribution is 2.26. The van der Waals surface area contributed by atoms with Crippen molar-refractivity contribution in [3.8, 4) is 0 Å². The molecule has 0 aliphatic carbocycles. The number of aromatic nitrogens is 1. The van der Waals surface area contributed by atoms with Crippen LogP contribution in [0.25, 0.3) is 21.8 Å². The largest absolute Gasteiger partial charge is 0.478 e. The van der Waals surface area contributed by atoms with E-state index < -0.39 is 11.9 Å². The molecule has 4 aromatic carbocycles. The van der Waals surface area contributed by atoms with E-state index in [1.54, 1.807) is 12.1 Å². The highest BCUT2D eigenvalue weighted by atomic mass is 16.4. The quantitative estimate of drug-likeness (QED) is 0.174. The number of aromatic carboxylic acids is 2. The van der Waals surface area contributed by atoms with Crippen LogP contribution in [-0.4, -0.2) is 32.9 Å². The Bertz CT molecular complexity index is 1900. The number of hydrogen-bond acceptors (Lipinski definition) is 4. The summed E-state index contributed by atoms with van der Waals surface area (Å²) >= 11 is 0. The lowest BCUT2D eigenvalue weighted by Crippen LogP contribution is -2.12. The first kappa shape index (κ1) is 26.6. The summed E-state index contributed by atoms with van der Waals surface area (Å²) in [6.45, 7) is 5.70. The van der Waals surface area contributed by atoms with E-state index in [2.05, 4.69) is 4.98 Å². The third kappa shape index (κ3) is 5.01. The van der Waals surface area contributed by atoms with Crippen LogP contribution < -0.4 is 5.43 Å². The molecule has 0 saturated heterocycles. The van der Waals surface area contributed by atoms with Gasteiger partial charge in [-0.25, -0.2) is 9.59 Å². The molecule has 1 aromatic heterocycles. The zero-order valence-corrected chi connectivity index (χ0v) is 22.3. The second-order valence-corrected chi connectivity index (χ2v) is 10.2. The number of rotatable bonds is 7. The molecule has 0 saturated carbocycles. The molecule has 0 radical (unpaired) electrons. The molecule has 0 fully saturated rings. The topological polar surface area (TPSA) is 125 Å². The van der Waals surface area contributed by atoms with Crippen LogP contribution in [0.4, 0.5) is 0 Å². The lowest BCUT2D eigenvalue weighted by atomic mass is 9.90. The van der Waals surface area contributed by atoms with Crippen LogP contribution in [0.5, 0.6) is 0 Å². The number of pyridine rings is 1.